The first-order chi connectivity index (χ1) is 12.5. The van der Waals surface area contributed by atoms with Crippen molar-refractivity contribution in [2.24, 2.45) is 10.9 Å². The number of rotatable bonds is 10. The molecule has 1 rings (SSSR count). The van der Waals surface area contributed by atoms with E-state index in [1.807, 2.05) is 6.07 Å². The van der Waals surface area contributed by atoms with Crippen molar-refractivity contribution in [3.8, 4) is 0 Å². The van der Waals surface area contributed by atoms with Gasteiger partial charge in [0, 0.05) is 38.8 Å². The number of halogens is 2. The normalized spacial score (nSPS) is 12.1. The molecule has 0 radical (unpaired) electrons. The minimum Gasteiger partial charge on any atom is -0.383 e. The first-order valence-corrected chi connectivity index (χ1v) is 9.71. The topological polar surface area (TPSA) is 66.0 Å². The van der Waals surface area contributed by atoms with Crippen molar-refractivity contribution >= 4 is 51.8 Å². The number of guanidine groups is 1. The van der Waals surface area contributed by atoms with E-state index in [4.69, 9.17) is 4.74 Å². The van der Waals surface area contributed by atoms with Crippen LogP contribution in [0, 0.1) is 5.92 Å². The largest absolute Gasteiger partial charge is 0.383 e. The molecular weight excluding hydrogens is 523 g/mol. The Balaban J connectivity index is 0.00000676. The summed E-state index contributed by atoms with van der Waals surface area (Å²) in [5.74, 6) is 1.09. The Morgan fingerprint density at radius 3 is 2.67 bits per heavy atom. The molecule has 0 aliphatic heterocycles. The summed E-state index contributed by atoms with van der Waals surface area (Å²) in [6, 6.07) is 8.40. The molecule has 6 nitrogen and oxygen atoms in total. The van der Waals surface area contributed by atoms with Crippen molar-refractivity contribution in [1.82, 2.24) is 15.5 Å². The number of carbonyl (C=O) groups is 1. The van der Waals surface area contributed by atoms with E-state index in [0.29, 0.717) is 25.0 Å². The molecule has 0 saturated carbocycles. The van der Waals surface area contributed by atoms with Crippen LogP contribution in [0.4, 0.5) is 0 Å². The van der Waals surface area contributed by atoms with Gasteiger partial charge in [-0.2, -0.15) is 0 Å². The van der Waals surface area contributed by atoms with E-state index in [1.165, 1.54) is 5.56 Å². The number of amides is 1. The number of likely N-dealkylation sites (N-methyl/N-ethyl adjacent to an activating group) is 1. The maximum atomic E-state index is 11.8. The molecule has 2 N–H and O–H groups in total. The molecule has 154 valence electrons. The van der Waals surface area contributed by atoms with Crippen molar-refractivity contribution < 1.29 is 9.53 Å². The summed E-state index contributed by atoms with van der Waals surface area (Å²) in [5, 5.41) is 6.56. The van der Waals surface area contributed by atoms with Crippen LogP contribution in [-0.4, -0.2) is 64.2 Å². The van der Waals surface area contributed by atoms with Crippen LogP contribution in [0.1, 0.15) is 18.9 Å². The molecule has 1 unspecified atom stereocenters. The number of aliphatic imine (C=N–C) groups is 1. The van der Waals surface area contributed by atoms with E-state index in [0.717, 1.165) is 23.9 Å². The summed E-state index contributed by atoms with van der Waals surface area (Å²) >= 11 is 3.52. The number of nitrogens with zero attached hydrogens (tertiary/aromatic N) is 2. The van der Waals surface area contributed by atoms with Gasteiger partial charge in [0.25, 0.3) is 0 Å². The Kier molecular flexibility index (Phi) is 14.6. The summed E-state index contributed by atoms with van der Waals surface area (Å²) in [6.45, 7) is 4.32. The Morgan fingerprint density at radius 2 is 2.07 bits per heavy atom. The molecule has 1 amide bonds. The van der Waals surface area contributed by atoms with E-state index in [2.05, 4.69) is 56.7 Å². The van der Waals surface area contributed by atoms with Crippen LogP contribution in [-0.2, 0) is 16.0 Å². The predicted octanol–water partition coefficient (Wildman–Crippen LogP) is 2.91. The number of carbonyl (C=O) groups excluding carboxylic acids is 1. The van der Waals surface area contributed by atoms with Crippen LogP contribution >= 0.6 is 39.9 Å². The quantitative estimate of drug-likeness (QED) is 0.202. The van der Waals surface area contributed by atoms with Crippen LogP contribution in [0.25, 0.3) is 0 Å². The monoisotopic (exact) mass is 554 g/mol. The number of hydrogen-bond donors (Lipinski definition) is 2. The van der Waals surface area contributed by atoms with Crippen LogP contribution in [0.2, 0.25) is 0 Å². The smallest absolute Gasteiger partial charge is 0.243 e. The van der Waals surface area contributed by atoms with Gasteiger partial charge in [-0.1, -0.05) is 41.4 Å². The van der Waals surface area contributed by atoms with Gasteiger partial charge in [0.1, 0.15) is 6.54 Å². The molecule has 1 aromatic carbocycles. The predicted molar refractivity (Wildman–Crippen MR) is 126 cm³/mol. The molecule has 0 fully saturated rings. The van der Waals surface area contributed by atoms with Gasteiger partial charge in [-0.25, -0.2) is 4.99 Å². The van der Waals surface area contributed by atoms with Gasteiger partial charge in [0.2, 0.25) is 5.91 Å². The highest BCUT2D eigenvalue weighted by Crippen LogP contribution is 2.16. The molecule has 0 aliphatic carbocycles. The Morgan fingerprint density at radius 1 is 1.33 bits per heavy atom. The van der Waals surface area contributed by atoms with Gasteiger partial charge in [-0.15, -0.1) is 24.0 Å². The van der Waals surface area contributed by atoms with E-state index < -0.39 is 0 Å². The fraction of sp³-hybridized carbons (Fsp3) is 0.579. The van der Waals surface area contributed by atoms with Gasteiger partial charge >= 0.3 is 0 Å². The second-order valence-electron chi connectivity index (χ2n) is 6.36. The highest BCUT2D eigenvalue weighted by atomic mass is 127. The Bertz CT molecular complexity index is 585. The fourth-order valence-electron chi connectivity index (χ4n) is 2.33. The van der Waals surface area contributed by atoms with Crippen molar-refractivity contribution in [3.63, 3.8) is 0 Å². The van der Waals surface area contributed by atoms with Crippen LogP contribution in [0.5, 0.6) is 0 Å². The summed E-state index contributed by atoms with van der Waals surface area (Å²) < 4.78 is 6.17. The average Bonchev–Trinajstić information content (AvgIpc) is 2.62. The molecule has 0 bridgehead atoms. The van der Waals surface area contributed by atoms with Crippen molar-refractivity contribution in [2.75, 3.05) is 47.4 Å². The standard InChI is InChI=1S/C19H31BrN4O2.HI/c1-5-15(11-16-7-6-8-17(20)12-16)13-22-19(21-9-10-26-4)23-14-18(25)24(2)3;/h6-8,12,15H,5,9-11,13-14H2,1-4H3,(H2,21,22,23);1H. The second kappa shape index (κ2) is 15.1. The molecule has 27 heavy (non-hydrogen) atoms. The first kappa shape index (κ1) is 26.1. The third-order valence-corrected chi connectivity index (χ3v) is 4.51. The number of benzene rings is 1. The van der Waals surface area contributed by atoms with E-state index >= 15 is 0 Å². The molecule has 8 heteroatoms. The molecule has 0 aliphatic rings. The fourth-order valence-corrected chi connectivity index (χ4v) is 2.78. The van der Waals surface area contributed by atoms with Gasteiger partial charge in [0.15, 0.2) is 5.96 Å². The van der Waals surface area contributed by atoms with Crippen LogP contribution < -0.4 is 10.6 Å². The van der Waals surface area contributed by atoms with Crippen molar-refractivity contribution in [2.45, 2.75) is 19.8 Å². The van der Waals surface area contributed by atoms with Crippen molar-refractivity contribution in [1.29, 1.82) is 0 Å². The van der Waals surface area contributed by atoms with Gasteiger partial charge in [0.05, 0.1) is 6.61 Å². The minimum absolute atomic E-state index is 0. The highest BCUT2D eigenvalue weighted by molar-refractivity contribution is 14.0. The third kappa shape index (κ3) is 11.5. The van der Waals surface area contributed by atoms with Crippen LogP contribution in [0.15, 0.2) is 33.7 Å². The van der Waals surface area contributed by atoms with Crippen molar-refractivity contribution in [3.05, 3.63) is 34.3 Å². The number of ether oxygens (including phenoxy) is 1. The second-order valence-corrected chi connectivity index (χ2v) is 7.28. The lowest BCUT2D eigenvalue weighted by molar-refractivity contribution is -0.127. The lowest BCUT2D eigenvalue weighted by atomic mass is 9.97. The number of hydrogen-bond acceptors (Lipinski definition) is 3. The highest BCUT2D eigenvalue weighted by Gasteiger charge is 2.10. The summed E-state index contributed by atoms with van der Waals surface area (Å²) in [5.41, 5.74) is 1.31. The Labute approximate surface area is 188 Å². The zero-order chi connectivity index (χ0) is 19.4. The first-order valence-electron chi connectivity index (χ1n) is 8.92. The molecular formula is C19H32BrIN4O2. The zero-order valence-corrected chi connectivity index (χ0v) is 20.5. The van der Waals surface area contributed by atoms with Crippen LogP contribution in [0.3, 0.4) is 0 Å². The van der Waals surface area contributed by atoms with Gasteiger partial charge in [-0.3, -0.25) is 4.79 Å². The molecule has 0 saturated heterocycles. The Hall–Kier alpha value is -0.870. The molecule has 0 spiro atoms. The third-order valence-electron chi connectivity index (χ3n) is 4.02. The summed E-state index contributed by atoms with van der Waals surface area (Å²) in [7, 11) is 5.12. The van der Waals surface area contributed by atoms with E-state index in [1.54, 1.807) is 26.1 Å². The van der Waals surface area contributed by atoms with Gasteiger partial charge < -0.3 is 20.3 Å². The lowest BCUT2D eigenvalue weighted by Gasteiger charge is -2.19. The molecule has 1 atom stereocenters. The number of methoxy groups -OCH3 is 1. The number of nitrogens with one attached hydrogen (secondary N) is 2. The lowest BCUT2D eigenvalue weighted by Crippen LogP contribution is -2.42. The zero-order valence-electron chi connectivity index (χ0n) is 16.6. The molecule has 0 heterocycles. The van der Waals surface area contributed by atoms with E-state index in [-0.39, 0.29) is 36.4 Å². The molecule has 0 aromatic heterocycles. The maximum Gasteiger partial charge on any atom is 0.243 e. The summed E-state index contributed by atoms with van der Waals surface area (Å²) in [6.07, 6.45) is 2.05. The molecule has 1 aromatic rings. The average molecular weight is 555 g/mol. The van der Waals surface area contributed by atoms with Gasteiger partial charge in [-0.05, 0) is 30.0 Å². The SMILES string of the molecule is CCC(CNC(=NCC(=O)N(C)C)NCCOC)Cc1cccc(Br)c1.I. The summed E-state index contributed by atoms with van der Waals surface area (Å²) in [4.78, 5) is 17.7. The maximum absolute atomic E-state index is 11.8. The van der Waals surface area contributed by atoms with E-state index in [9.17, 15) is 4.79 Å². The minimum atomic E-state index is -0.0287.